The smallest absolute Gasteiger partial charge is 0.260 e. The van der Waals surface area contributed by atoms with Crippen LogP contribution in [0.4, 0.5) is 0 Å². The molecule has 0 radical (unpaired) electrons. The first kappa shape index (κ1) is 18.1. The summed E-state index contributed by atoms with van der Waals surface area (Å²) in [5.74, 6) is -0.390. The fraction of sp³-hybridized carbons (Fsp3) is 0.273. The number of amides is 2. The van der Waals surface area contributed by atoms with Crippen molar-refractivity contribution in [2.45, 2.75) is 25.4 Å². The lowest BCUT2D eigenvalue weighted by Crippen LogP contribution is -2.65. The van der Waals surface area contributed by atoms with E-state index < -0.39 is 5.54 Å². The summed E-state index contributed by atoms with van der Waals surface area (Å²) < 4.78 is 0. The third kappa shape index (κ3) is 3.46. The molecular formula is C22H24N2O2. The van der Waals surface area contributed by atoms with Crippen LogP contribution in [0.2, 0.25) is 0 Å². The minimum Gasteiger partial charge on any atom is -0.283 e. The number of hydrogen-bond acceptors (Lipinski definition) is 3. The summed E-state index contributed by atoms with van der Waals surface area (Å²) in [6.45, 7) is 7.44. The van der Waals surface area contributed by atoms with Crippen LogP contribution in [0.5, 0.6) is 0 Å². The monoisotopic (exact) mass is 348 g/mol. The van der Waals surface area contributed by atoms with E-state index in [1.165, 1.54) is 4.90 Å². The molecule has 2 aromatic rings. The lowest BCUT2D eigenvalue weighted by molar-refractivity contribution is -0.147. The Hall–Kier alpha value is -2.72. The third-order valence-corrected chi connectivity index (χ3v) is 5.02. The highest BCUT2D eigenvalue weighted by Crippen LogP contribution is 2.29. The number of imide groups is 1. The van der Waals surface area contributed by atoms with Gasteiger partial charge in [0.15, 0.2) is 0 Å². The highest BCUT2D eigenvalue weighted by atomic mass is 16.2. The van der Waals surface area contributed by atoms with Crippen LogP contribution in [0.25, 0.3) is 0 Å². The normalized spacial score (nSPS) is 20.8. The SMILES string of the molecule is C=CC[C@@]1(C)C(=O)N(C(=O)c2ccccc2)CCN1Cc1ccccc1. The molecule has 3 rings (SSSR count). The molecule has 0 bridgehead atoms. The van der Waals surface area contributed by atoms with Gasteiger partial charge in [0.25, 0.3) is 5.91 Å². The maximum absolute atomic E-state index is 13.3. The number of benzene rings is 2. The van der Waals surface area contributed by atoms with Gasteiger partial charge in [-0.2, -0.15) is 0 Å². The molecule has 0 aliphatic carbocycles. The molecule has 1 aliphatic heterocycles. The van der Waals surface area contributed by atoms with E-state index in [1.807, 2.05) is 43.3 Å². The average molecular weight is 348 g/mol. The van der Waals surface area contributed by atoms with Gasteiger partial charge in [-0.3, -0.25) is 19.4 Å². The Morgan fingerprint density at radius 3 is 2.31 bits per heavy atom. The van der Waals surface area contributed by atoms with Crippen molar-refractivity contribution in [1.29, 1.82) is 0 Å². The lowest BCUT2D eigenvalue weighted by Gasteiger charge is -2.46. The predicted octanol–water partition coefficient (Wildman–Crippen LogP) is 3.51. The van der Waals surface area contributed by atoms with Crippen molar-refractivity contribution in [2.75, 3.05) is 13.1 Å². The van der Waals surface area contributed by atoms with Gasteiger partial charge in [-0.25, -0.2) is 0 Å². The van der Waals surface area contributed by atoms with E-state index in [0.29, 0.717) is 31.6 Å². The van der Waals surface area contributed by atoms with Crippen LogP contribution in [0.3, 0.4) is 0 Å². The Kier molecular flexibility index (Phi) is 5.33. The van der Waals surface area contributed by atoms with E-state index in [9.17, 15) is 9.59 Å². The Balaban J connectivity index is 1.85. The van der Waals surface area contributed by atoms with E-state index >= 15 is 0 Å². The second-order valence-corrected chi connectivity index (χ2v) is 6.80. The van der Waals surface area contributed by atoms with Crippen molar-refractivity contribution in [1.82, 2.24) is 9.80 Å². The molecule has 4 nitrogen and oxygen atoms in total. The zero-order valence-corrected chi connectivity index (χ0v) is 15.1. The molecule has 1 fully saturated rings. The summed E-state index contributed by atoms with van der Waals surface area (Å²) in [7, 11) is 0. The van der Waals surface area contributed by atoms with Gasteiger partial charge in [0.1, 0.15) is 5.54 Å². The average Bonchev–Trinajstić information content (AvgIpc) is 2.67. The quantitative estimate of drug-likeness (QED) is 0.613. The molecule has 2 amide bonds. The van der Waals surface area contributed by atoms with Gasteiger partial charge < -0.3 is 0 Å². The summed E-state index contributed by atoms with van der Waals surface area (Å²) in [5, 5.41) is 0. The van der Waals surface area contributed by atoms with Gasteiger partial charge in [-0.05, 0) is 31.0 Å². The highest BCUT2D eigenvalue weighted by molar-refractivity contribution is 6.07. The first-order chi connectivity index (χ1) is 12.6. The van der Waals surface area contributed by atoms with Gasteiger partial charge in [-0.1, -0.05) is 54.6 Å². The summed E-state index contributed by atoms with van der Waals surface area (Å²) in [6.07, 6.45) is 2.25. The number of nitrogens with zero attached hydrogens (tertiary/aromatic N) is 2. The van der Waals surface area contributed by atoms with Crippen molar-refractivity contribution in [3.63, 3.8) is 0 Å². The first-order valence-corrected chi connectivity index (χ1v) is 8.87. The molecule has 1 heterocycles. The number of carbonyl (C=O) groups excluding carboxylic acids is 2. The van der Waals surface area contributed by atoms with Crippen LogP contribution in [0, 0.1) is 0 Å². The topological polar surface area (TPSA) is 40.6 Å². The molecule has 1 atom stereocenters. The van der Waals surface area contributed by atoms with E-state index in [4.69, 9.17) is 0 Å². The van der Waals surface area contributed by atoms with Gasteiger partial charge in [0.2, 0.25) is 5.91 Å². The Labute approximate surface area is 154 Å². The maximum Gasteiger partial charge on any atom is 0.260 e. The van der Waals surface area contributed by atoms with E-state index in [0.717, 1.165) is 5.56 Å². The minimum absolute atomic E-state index is 0.159. The molecule has 0 spiro atoms. The Morgan fingerprint density at radius 2 is 1.69 bits per heavy atom. The van der Waals surface area contributed by atoms with Crippen molar-refractivity contribution < 1.29 is 9.59 Å². The van der Waals surface area contributed by atoms with Gasteiger partial charge in [-0.15, -0.1) is 6.58 Å². The minimum atomic E-state index is -0.777. The number of hydrogen-bond donors (Lipinski definition) is 0. The zero-order valence-electron chi connectivity index (χ0n) is 15.1. The molecule has 2 aromatic carbocycles. The van der Waals surface area contributed by atoms with Gasteiger partial charge in [0, 0.05) is 25.2 Å². The van der Waals surface area contributed by atoms with E-state index in [2.05, 4.69) is 23.6 Å². The van der Waals surface area contributed by atoms with Crippen molar-refractivity contribution >= 4 is 11.8 Å². The number of carbonyl (C=O) groups is 2. The zero-order chi connectivity index (χ0) is 18.6. The predicted molar refractivity (Wildman–Crippen MR) is 103 cm³/mol. The molecule has 0 unspecified atom stereocenters. The van der Waals surface area contributed by atoms with Crippen molar-refractivity contribution in [2.24, 2.45) is 0 Å². The summed E-state index contributed by atoms with van der Waals surface area (Å²) >= 11 is 0. The summed E-state index contributed by atoms with van der Waals surface area (Å²) in [4.78, 5) is 29.6. The molecule has 0 aromatic heterocycles. The standard InChI is InChI=1S/C22H24N2O2/c1-3-14-22(2)21(26)24(20(25)19-12-8-5-9-13-19)16-15-23(22)17-18-10-6-4-7-11-18/h3-13H,1,14-17H2,2H3/t22-/m0/s1. The molecular weight excluding hydrogens is 324 g/mol. The highest BCUT2D eigenvalue weighted by Gasteiger charge is 2.46. The fourth-order valence-electron chi connectivity index (χ4n) is 3.48. The second-order valence-electron chi connectivity index (χ2n) is 6.80. The first-order valence-electron chi connectivity index (χ1n) is 8.87. The summed E-state index contributed by atoms with van der Waals surface area (Å²) in [5.41, 5.74) is 0.914. The molecule has 26 heavy (non-hydrogen) atoms. The molecule has 4 heteroatoms. The van der Waals surface area contributed by atoms with Crippen LogP contribution < -0.4 is 0 Å². The lowest BCUT2D eigenvalue weighted by atomic mass is 9.90. The van der Waals surface area contributed by atoms with Crippen LogP contribution in [0.1, 0.15) is 29.3 Å². The molecule has 0 saturated carbocycles. The third-order valence-electron chi connectivity index (χ3n) is 5.02. The van der Waals surface area contributed by atoms with Crippen LogP contribution in [-0.4, -0.2) is 40.2 Å². The largest absolute Gasteiger partial charge is 0.283 e. The number of piperazine rings is 1. The van der Waals surface area contributed by atoms with Gasteiger partial charge in [0.05, 0.1) is 0 Å². The summed E-state index contributed by atoms with van der Waals surface area (Å²) in [6, 6.07) is 19.1. The van der Waals surface area contributed by atoms with E-state index in [1.54, 1.807) is 18.2 Å². The van der Waals surface area contributed by atoms with Crippen LogP contribution in [-0.2, 0) is 11.3 Å². The van der Waals surface area contributed by atoms with Gasteiger partial charge >= 0.3 is 0 Å². The Morgan fingerprint density at radius 1 is 1.08 bits per heavy atom. The Bertz CT molecular complexity index is 788. The molecule has 134 valence electrons. The fourth-order valence-corrected chi connectivity index (χ4v) is 3.48. The second kappa shape index (κ2) is 7.67. The van der Waals surface area contributed by atoms with Crippen LogP contribution >= 0.6 is 0 Å². The molecule has 0 N–H and O–H groups in total. The van der Waals surface area contributed by atoms with E-state index in [-0.39, 0.29) is 11.8 Å². The van der Waals surface area contributed by atoms with Crippen molar-refractivity contribution in [3.05, 3.63) is 84.4 Å². The molecule has 1 saturated heterocycles. The maximum atomic E-state index is 13.3. The van der Waals surface area contributed by atoms with Crippen molar-refractivity contribution in [3.8, 4) is 0 Å². The van der Waals surface area contributed by atoms with Crippen LogP contribution in [0.15, 0.2) is 73.3 Å². The molecule has 1 aliphatic rings. The number of rotatable bonds is 5.